The molecule has 0 aliphatic rings. The number of aliphatic imine (C=N–C) groups is 1. The summed E-state index contributed by atoms with van der Waals surface area (Å²) in [4.78, 5) is 4.37. The third kappa shape index (κ3) is 2.17. The lowest BCUT2D eigenvalue weighted by Gasteiger charge is -2.00. The van der Waals surface area contributed by atoms with Gasteiger partial charge in [0.05, 0.1) is 5.69 Å². The molecule has 0 aliphatic carbocycles. The van der Waals surface area contributed by atoms with Gasteiger partial charge in [0.15, 0.2) is 0 Å². The molecule has 1 aromatic carbocycles. The second kappa shape index (κ2) is 4.02. The van der Waals surface area contributed by atoms with Crippen LogP contribution in [0.1, 0.15) is 12.5 Å². The third-order valence-corrected chi connectivity index (χ3v) is 1.72. The smallest absolute Gasteiger partial charge is 0.0658 e. The summed E-state index contributed by atoms with van der Waals surface area (Å²) in [5.74, 6) is 0. The largest absolute Gasteiger partial charge is 0.325 e. The predicted molar refractivity (Wildman–Crippen MR) is 53.0 cm³/mol. The number of nitrogens with two attached hydrogens (primary N) is 1. The molecular formula is C10H14N2. The summed E-state index contributed by atoms with van der Waals surface area (Å²) in [6.45, 7) is 4.50. The fourth-order valence-electron chi connectivity index (χ4n) is 0.940. The molecule has 1 rings (SSSR count). The van der Waals surface area contributed by atoms with Crippen LogP contribution in [0, 0.1) is 6.92 Å². The molecule has 0 aromatic heterocycles. The third-order valence-electron chi connectivity index (χ3n) is 1.72. The monoisotopic (exact) mass is 162 g/mol. The van der Waals surface area contributed by atoms with E-state index in [1.165, 1.54) is 5.56 Å². The maximum atomic E-state index is 5.44. The van der Waals surface area contributed by atoms with Crippen molar-refractivity contribution >= 4 is 11.4 Å². The van der Waals surface area contributed by atoms with Gasteiger partial charge in [0.1, 0.15) is 0 Å². The minimum Gasteiger partial charge on any atom is -0.325 e. The van der Waals surface area contributed by atoms with Crippen LogP contribution < -0.4 is 5.73 Å². The molecule has 2 nitrogen and oxygen atoms in total. The average molecular weight is 162 g/mol. The first-order valence-electron chi connectivity index (χ1n) is 4.04. The van der Waals surface area contributed by atoms with Crippen LogP contribution in [0.3, 0.4) is 0 Å². The Balaban J connectivity index is 2.96. The molecule has 0 fully saturated rings. The summed E-state index contributed by atoms with van der Waals surface area (Å²) in [5, 5.41) is 0. The fraction of sp³-hybridized carbons (Fsp3) is 0.300. The van der Waals surface area contributed by atoms with Crippen LogP contribution >= 0.6 is 0 Å². The number of benzene rings is 1. The Morgan fingerprint density at radius 1 is 1.42 bits per heavy atom. The zero-order valence-electron chi connectivity index (χ0n) is 7.54. The van der Waals surface area contributed by atoms with Gasteiger partial charge in [0.2, 0.25) is 0 Å². The Kier molecular flexibility index (Phi) is 3.00. The second-order valence-electron chi connectivity index (χ2n) is 2.84. The van der Waals surface area contributed by atoms with E-state index < -0.39 is 0 Å². The van der Waals surface area contributed by atoms with Crippen molar-refractivity contribution in [1.29, 1.82) is 0 Å². The molecule has 0 radical (unpaired) electrons. The van der Waals surface area contributed by atoms with E-state index in [0.717, 1.165) is 11.4 Å². The minimum absolute atomic E-state index is 0.522. The second-order valence-corrected chi connectivity index (χ2v) is 2.84. The fourth-order valence-corrected chi connectivity index (χ4v) is 0.940. The van der Waals surface area contributed by atoms with Crippen LogP contribution in [0.5, 0.6) is 0 Å². The molecule has 12 heavy (non-hydrogen) atoms. The Morgan fingerprint density at radius 3 is 2.67 bits per heavy atom. The highest BCUT2D eigenvalue weighted by atomic mass is 14.8. The molecule has 0 heterocycles. The Hall–Kier alpha value is -1.15. The highest BCUT2D eigenvalue weighted by molar-refractivity contribution is 5.86. The first kappa shape index (κ1) is 8.94. The van der Waals surface area contributed by atoms with Crippen molar-refractivity contribution in [1.82, 2.24) is 0 Å². The van der Waals surface area contributed by atoms with Gasteiger partial charge in [-0.15, -0.1) is 0 Å². The Morgan fingerprint density at radius 2 is 2.08 bits per heavy atom. The first-order valence-corrected chi connectivity index (χ1v) is 4.04. The van der Waals surface area contributed by atoms with Crippen LogP contribution in [0.2, 0.25) is 0 Å². The molecule has 2 heteroatoms. The van der Waals surface area contributed by atoms with Crippen LogP contribution in [-0.2, 0) is 0 Å². The summed E-state index contributed by atoms with van der Waals surface area (Å²) in [6, 6.07) is 8.03. The van der Waals surface area contributed by atoms with E-state index in [4.69, 9.17) is 5.73 Å². The summed E-state index contributed by atoms with van der Waals surface area (Å²) in [5.41, 5.74) is 8.60. The number of hydrogen-bond acceptors (Lipinski definition) is 2. The topological polar surface area (TPSA) is 38.4 Å². The molecule has 0 unspecified atom stereocenters. The van der Waals surface area contributed by atoms with Crippen molar-refractivity contribution < 1.29 is 0 Å². The number of hydrogen-bond donors (Lipinski definition) is 1. The van der Waals surface area contributed by atoms with Crippen molar-refractivity contribution in [2.45, 2.75) is 13.8 Å². The van der Waals surface area contributed by atoms with Gasteiger partial charge in [-0.2, -0.15) is 0 Å². The van der Waals surface area contributed by atoms with Crippen molar-refractivity contribution in [2.24, 2.45) is 10.7 Å². The van der Waals surface area contributed by atoms with Gasteiger partial charge in [-0.1, -0.05) is 18.2 Å². The van der Waals surface area contributed by atoms with Gasteiger partial charge in [-0.3, -0.25) is 4.99 Å². The van der Waals surface area contributed by atoms with Gasteiger partial charge in [-0.05, 0) is 25.5 Å². The maximum Gasteiger partial charge on any atom is 0.0658 e. The normalized spacial score (nSPS) is 11.8. The zero-order chi connectivity index (χ0) is 8.97. The molecule has 0 amide bonds. The van der Waals surface area contributed by atoms with Crippen LogP contribution in [0.4, 0.5) is 5.69 Å². The number of rotatable bonds is 2. The molecule has 0 spiro atoms. The van der Waals surface area contributed by atoms with Crippen LogP contribution in [0.15, 0.2) is 29.3 Å². The standard InChI is InChI=1S/C10H14N2/c1-8-5-3-4-6-10(8)12-9(2)7-11/h3-6H,7,11H2,1-2H3. The Labute approximate surface area is 73.1 Å². The first-order chi connectivity index (χ1) is 5.74. The molecule has 0 aliphatic heterocycles. The molecule has 0 bridgehead atoms. The predicted octanol–water partition coefficient (Wildman–Crippen LogP) is 2.05. The lowest BCUT2D eigenvalue weighted by Crippen LogP contribution is -2.08. The molecule has 0 saturated heterocycles. The number of para-hydroxylation sites is 1. The van der Waals surface area contributed by atoms with Crippen molar-refractivity contribution in [3.05, 3.63) is 29.8 Å². The van der Waals surface area contributed by atoms with Gasteiger partial charge in [0.25, 0.3) is 0 Å². The summed E-state index contributed by atoms with van der Waals surface area (Å²) in [7, 11) is 0. The van der Waals surface area contributed by atoms with E-state index in [0.29, 0.717) is 6.54 Å². The molecule has 0 atom stereocenters. The van der Waals surface area contributed by atoms with Crippen molar-refractivity contribution in [2.75, 3.05) is 6.54 Å². The lowest BCUT2D eigenvalue weighted by atomic mass is 10.2. The molecule has 64 valence electrons. The van der Waals surface area contributed by atoms with Crippen molar-refractivity contribution in [3.8, 4) is 0 Å². The number of nitrogens with zero attached hydrogens (tertiary/aromatic N) is 1. The van der Waals surface area contributed by atoms with Gasteiger partial charge in [-0.25, -0.2) is 0 Å². The maximum absolute atomic E-state index is 5.44. The molecule has 2 N–H and O–H groups in total. The molecular weight excluding hydrogens is 148 g/mol. The van der Waals surface area contributed by atoms with Crippen LogP contribution in [-0.4, -0.2) is 12.3 Å². The zero-order valence-corrected chi connectivity index (χ0v) is 7.54. The molecule has 0 saturated carbocycles. The highest BCUT2D eigenvalue weighted by Gasteiger charge is 1.93. The number of aryl methyl sites for hydroxylation is 1. The van der Waals surface area contributed by atoms with Gasteiger partial charge < -0.3 is 5.73 Å². The van der Waals surface area contributed by atoms with E-state index in [2.05, 4.69) is 4.99 Å². The Bertz CT molecular complexity index is 290. The van der Waals surface area contributed by atoms with Crippen molar-refractivity contribution in [3.63, 3.8) is 0 Å². The quantitative estimate of drug-likeness (QED) is 0.664. The summed E-state index contributed by atoms with van der Waals surface area (Å²) >= 11 is 0. The molecule has 1 aromatic rings. The van der Waals surface area contributed by atoms with E-state index >= 15 is 0 Å². The van der Waals surface area contributed by atoms with E-state index in [1.54, 1.807) is 0 Å². The van der Waals surface area contributed by atoms with Gasteiger partial charge >= 0.3 is 0 Å². The average Bonchev–Trinajstić information content (AvgIpc) is 2.09. The highest BCUT2D eigenvalue weighted by Crippen LogP contribution is 2.16. The van der Waals surface area contributed by atoms with Crippen LogP contribution in [0.25, 0.3) is 0 Å². The van der Waals surface area contributed by atoms with E-state index in [9.17, 15) is 0 Å². The minimum atomic E-state index is 0.522. The van der Waals surface area contributed by atoms with E-state index in [-0.39, 0.29) is 0 Å². The SMILES string of the molecule is CC(CN)=Nc1ccccc1C. The summed E-state index contributed by atoms with van der Waals surface area (Å²) in [6.07, 6.45) is 0. The van der Waals surface area contributed by atoms with E-state index in [1.807, 2.05) is 38.1 Å². The van der Waals surface area contributed by atoms with Gasteiger partial charge in [0, 0.05) is 12.3 Å². The lowest BCUT2D eigenvalue weighted by molar-refractivity contribution is 1.27. The summed E-state index contributed by atoms with van der Waals surface area (Å²) < 4.78 is 0.